The number of aliphatic carboxylic acids is 1. The summed E-state index contributed by atoms with van der Waals surface area (Å²) in [6, 6.07) is 11.9. The fourth-order valence-corrected chi connectivity index (χ4v) is 4.17. The van der Waals surface area contributed by atoms with Crippen molar-refractivity contribution in [1.29, 1.82) is 0 Å². The molecule has 0 saturated carbocycles. The number of benzene rings is 1. The fraction of sp³-hybridized carbons (Fsp3) is 0.273. The summed E-state index contributed by atoms with van der Waals surface area (Å²) in [5.74, 6) is -2.42. The Morgan fingerprint density at radius 1 is 1.27 bits per heavy atom. The van der Waals surface area contributed by atoms with E-state index in [1.165, 1.54) is 4.90 Å². The van der Waals surface area contributed by atoms with Gasteiger partial charge in [0.15, 0.2) is 0 Å². The van der Waals surface area contributed by atoms with Crippen molar-refractivity contribution < 1.29 is 24.6 Å². The standard InChI is InChI=1S/C22H21N3O5/c1-12(26)18-17-10-15(19(22(29)30)25(17)21(18)28)14-6-4-5-13(9-14)11-24-20(27)16-7-2-3-8-23-16/h2-9,12,17-18,26H,10-11H2,1H3,(H,24,27)(H,29,30)/t12-,17-,18-/m1/s1. The van der Waals surface area contributed by atoms with Gasteiger partial charge in [0, 0.05) is 12.7 Å². The molecule has 2 amide bonds. The van der Waals surface area contributed by atoms with E-state index < -0.39 is 18.0 Å². The Morgan fingerprint density at radius 3 is 2.73 bits per heavy atom. The molecule has 0 radical (unpaired) electrons. The Bertz CT molecular complexity index is 1050. The number of carboxylic acid groups (broad SMARTS) is 1. The van der Waals surface area contributed by atoms with Crippen LogP contribution in [0.25, 0.3) is 5.57 Å². The van der Waals surface area contributed by atoms with Crippen molar-refractivity contribution in [1.82, 2.24) is 15.2 Å². The summed E-state index contributed by atoms with van der Waals surface area (Å²) in [5, 5.41) is 22.4. The van der Waals surface area contributed by atoms with Crippen LogP contribution in [0.2, 0.25) is 0 Å². The van der Waals surface area contributed by atoms with Gasteiger partial charge in [0.2, 0.25) is 5.91 Å². The van der Waals surface area contributed by atoms with E-state index in [0.29, 0.717) is 23.3 Å². The van der Waals surface area contributed by atoms with E-state index in [9.17, 15) is 24.6 Å². The summed E-state index contributed by atoms with van der Waals surface area (Å²) in [7, 11) is 0. The Labute approximate surface area is 172 Å². The molecule has 30 heavy (non-hydrogen) atoms. The number of hydrogen-bond donors (Lipinski definition) is 3. The topological polar surface area (TPSA) is 120 Å². The lowest BCUT2D eigenvalue weighted by atomic mass is 9.82. The summed E-state index contributed by atoms with van der Waals surface area (Å²) in [5.41, 5.74) is 2.32. The van der Waals surface area contributed by atoms with E-state index >= 15 is 0 Å². The molecule has 1 saturated heterocycles. The van der Waals surface area contributed by atoms with Gasteiger partial charge >= 0.3 is 5.97 Å². The summed E-state index contributed by atoms with van der Waals surface area (Å²) in [4.78, 5) is 41.7. The van der Waals surface area contributed by atoms with Crippen molar-refractivity contribution in [3.8, 4) is 0 Å². The minimum absolute atomic E-state index is 0.0310. The van der Waals surface area contributed by atoms with Crippen LogP contribution in [-0.2, 0) is 16.1 Å². The number of aliphatic hydroxyl groups excluding tert-OH is 1. The zero-order chi connectivity index (χ0) is 21.4. The highest BCUT2D eigenvalue weighted by atomic mass is 16.4. The third kappa shape index (κ3) is 3.35. The van der Waals surface area contributed by atoms with Crippen LogP contribution < -0.4 is 5.32 Å². The van der Waals surface area contributed by atoms with E-state index in [-0.39, 0.29) is 30.1 Å². The fourth-order valence-electron chi connectivity index (χ4n) is 4.17. The molecule has 0 bridgehead atoms. The Morgan fingerprint density at radius 2 is 2.07 bits per heavy atom. The lowest BCUT2D eigenvalue weighted by Gasteiger charge is -2.44. The van der Waals surface area contributed by atoms with Gasteiger partial charge in [-0.25, -0.2) is 4.79 Å². The van der Waals surface area contributed by atoms with Crippen molar-refractivity contribution in [2.24, 2.45) is 5.92 Å². The number of hydrogen-bond acceptors (Lipinski definition) is 5. The van der Waals surface area contributed by atoms with Crippen molar-refractivity contribution in [2.75, 3.05) is 0 Å². The number of aromatic nitrogens is 1. The molecule has 154 valence electrons. The maximum Gasteiger partial charge on any atom is 0.352 e. The molecule has 8 nitrogen and oxygen atoms in total. The van der Waals surface area contributed by atoms with Gasteiger partial charge in [0.05, 0.1) is 18.1 Å². The predicted octanol–water partition coefficient (Wildman–Crippen LogP) is 1.42. The van der Waals surface area contributed by atoms with E-state index in [2.05, 4.69) is 10.3 Å². The lowest BCUT2D eigenvalue weighted by Crippen LogP contribution is -2.61. The first-order chi connectivity index (χ1) is 14.4. The first-order valence-electron chi connectivity index (χ1n) is 9.64. The van der Waals surface area contributed by atoms with E-state index in [0.717, 1.165) is 5.56 Å². The van der Waals surface area contributed by atoms with Gasteiger partial charge in [0.1, 0.15) is 11.4 Å². The number of carbonyl (C=O) groups excluding carboxylic acids is 2. The predicted molar refractivity (Wildman–Crippen MR) is 107 cm³/mol. The Balaban J connectivity index is 1.55. The zero-order valence-electron chi connectivity index (χ0n) is 16.3. The van der Waals surface area contributed by atoms with Crippen LogP contribution in [0.5, 0.6) is 0 Å². The highest BCUT2D eigenvalue weighted by Crippen LogP contribution is 2.46. The molecule has 0 spiro atoms. The maximum absolute atomic E-state index is 12.4. The van der Waals surface area contributed by atoms with E-state index in [1.54, 1.807) is 43.5 Å². The second-order valence-corrected chi connectivity index (χ2v) is 7.48. The summed E-state index contributed by atoms with van der Waals surface area (Å²) < 4.78 is 0. The molecule has 8 heteroatoms. The van der Waals surface area contributed by atoms with E-state index in [1.807, 2.05) is 12.1 Å². The lowest BCUT2D eigenvalue weighted by molar-refractivity contribution is -0.161. The number of nitrogens with one attached hydrogen (secondary N) is 1. The molecular weight excluding hydrogens is 386 g/mol. The molecule has 2 aliphatic heterocycles. The Hall–Kier alpha value is -3.52. The number of rotatable bonds is 6. The smallest absolute Gasteiger partial charge is 0.352 e. The molecule has 2 aliphatic rings. The third-order valence-corrected chi connectivity index (χ3v) is 5.56. The number of carboxylic acids is 1. The van der Waals surface area contributed by atoms with Gasteiger partial charge in [-0.05, 0) is 48.2 Å². The van der Waals surface area contributed by atoms with Crippen LogP contribution in [0, 0.1) is 5.92 Å². The highest BCUT2D eigenvalue weighted by molar-refractivity contribution is 6.06. The van der Waals surface area contributed by atoms with Crippen molar-refractivity contribution >= 4 is 23.4 Å². The second kappa shape index (κ2) is 7.72. The quantitative estimate of drug-likeness (QED) is 0.623. The average Bonchev–Trinajstić information content (AvgIpc) is 3.08. The second-order valence-electron chi connectivity index (χ2n) is 7.48. The third-order valence-electron chi connectivity index (χ3n) is 5.56. The molecule has 1 fully saturated rings. The van der Waals surface area contributed by atoms with Gasteiger partial charge in [-0.1, -0.05) is 24.3 Å². The molecule has 1 aromatic heterocycles. The monoisotopic (exact) mass is 407 g/mol. The molecule has 0 unspecified atom stereocenters. The van der Waals surface area contributed by atoms with Crippen molar-refractivity contribution in [3.63, 3.8) is 0 Å². The summed E-state index contributed by atoms with van der Waals surface area (Å²) >= 11 is 0. The molecule has 2 aromatic rings. The molecule has 3 N–H and O–H groups in total. The molecule has 0 aliphatic carbocycles. The molecule has 4 rings (SSSR count). The minimum Gasteiger partial charge on any atom is -0.477 e. The van der Waals surface area contributed by atoms with Gasteiger partial charge < -0.3 is 20.4 Å². The van der Waals surface area contributed by atoms with Gasteiger partial charge in [-0.15, -0.1) is 0 Å². The molecule has 1 aromatic carbocycles. The summed E-state index contributed by atoms with van der Waals surface area (Å²) in [6.45, 7) is 1.80. The van der Waals surface area contributed by atoms with Crippen LogP contribution in [0.1, 0.15) is 35.0 Å². The number of carbonyl (C=O) groups is 3. The molecular formula is C22H21N3O5. The first kappa shape index (κ1) is 19.8. The van der Waals surface area contributed by atoms with Crippen LogP contribution >= 0.6 is 0 Å². The van der Waals surface area contributed by atoms with Crippen LogP contribution in [-0.4, -0.2) is 50.0 Å². The maximum atomic E-state index is 12.4. The van der Waals surface area contributed by atoms with Crippen LogP contribution in [0.3, 0.4) is 0 Å². The number of fused-ring (bicyclic) bond motifs is 1. The number of amides is 2. The number of aliphatic hydroxyl groups is 1. The zero-order valence-corrected chi connectivity index (χ0v) is 16.3. The van der Waals surface area contributed by atoms with Gasteiger partial charge in [0.25, 0.3) is 5.91 Å². The first-order valence-corrected chi connectivity index (χ1v) is 9.64. The van der Waals surface area contributed by atoms with Crippen LogP contribution in [0.15, 0.2) is 54.4 Å². The van der Waals surface area contributed by atoms with Crippen molar-refractivity contribution in [2.45, 2.75) is 32.0 Å². The van der Waals surface area contributed by atoms with Gasteiger partial charge in [-0.3, -0.25) is 14.6 Å². The number of β-lactam (4-membered cyclic amide) rings is 1. The molecule has 3 atom stereocenters. The number of nitrogens with zero attached hydrogens (tertiary/aromatic N) is 2. The van der Waals surface area contributed by atoms with E-state index in [4.69, 9.17) is 0 Å². The normalized spacial score (nSPS) is 21.1. The minimum atomic E-state index is -1.17. The Kier molecular flexibility index (Phi) is 5.09. The van der Waals surface area contributed by atoms with Crippen molar-refractivity contribution in [3.05, 3.63) is 71.2 Å². The highest BCUT2D eigenvalue weighted by Gasteiger charge is 2.56. The average molecular weight is 407 g/mol. The molecule has 3 heterocycles. The number of pyridine rings is 1. The SMILES string of the molecule is C[C@@H](O)[C@H]1C(=O)N2C(C(=O)O)=C(c3cccc(CNC(=O)c4ccccn4)c3)C[C@H]12. The largest absolute Gasteiger partial charge is 0.477 e. The summed E-state index contributed by atoms with van der Waals surface area (Å²) in [6.07, 6.45) is 1.08. The van der Waals surface area contributed by atoms with Gasteiger partial charge in [-0.2, -0.15) is 0 Å². The van der Waals surface area contributed by atoms with Crippen LogP contribution in [0.4, 0.5) is 0 Å².